The Morgan fingerprint density at radius 1 is 0.727 bits per heavy atom. The minimum absolute atomic E-state index is 0.0324. The van der Waals surface area contributed by atoms with Gasteiger partial charge in [-0.1, -0.05) is 38.0 Å². The van der Waals surface area contributed by atoms with Gasteiger partial charge in [0.25, 0.3) is 0 Å². The molecule has 25 atom stereocenters. The molecule has 0 spiro atoms. The first kappa shape index (κ1) is 50.6. The smallest absolute Gasteiger partial charge is 0.336 e. The Balaban J connectivity index is 0.883. The summed E-state index contributed by atoms with van der Waals surface area (Å²) in [5.74, 6) is 1.06. The van der Waals surface area contributed by atoms with Crippen LogP contribution in [0.1, 0.15) is 79.1 Å². The van der Waals surface area contributed by atoms with Gasteiger partial charge < -0.3 is 94.4 Å². The number of hydrogen-bond donors (Lipinski definition) is 12. The molecule has 12 N–H and O–H groups in total. The Hall–Kier alpha value is -1.77. The summed E-state index contributed by atoms with van der Waals surface area (Å²) >= 11 is 0. The van der Waals surface area contributed by atoms with Crippen molar-refractivity contribution in [2.45, 2.75) is 189 Å². The second-order valence-corrected chi connectivity index (χ2v) is 20.8. The second-order valence-electron chi connectivity index (χ2n) is 20.8. The molecule has 376 valence electrons. The number of rotatable bonds is 12. The van der Waals surface area contributed by atoms with Crippen molar-refractivity contribution in [2.75, 3.05) is 26.4 Å². The van der Waals surface area contributed by atoms with Gasteiger partial charge in [-0.15, -0.1) is 0 Å². The van der Waals surface area contributed by atoms with Crippen LogP contribution in [-0.2, 0) is 38.0 Å². The predicted octanol–water partition coefficient (Wildman–Crippen LogP) is -2.37. The Kier molecular flexibility index (Phi) is 15.2. The van der Waals surface area contributed by atoms with Gasteiger partial charge in [-0.2, -0.15) is 0 Å². The molecule has 20 heteroatoms. The fourth-order valence-corrected chi connectivity index (χ4v) is 13.5. The highest BCUT2D eigenvalue weighted by molar-refractivity contribution is 5.90. The molecule has 0 aromatic rings. The van der Waals surface area contributed by atoms with Gasteiger partial charge in [0.2, 0.25) is 0 Å². The number of allylic oxidation sites excluding steroid dienone is 1. The molecular weight excluding hydrogens is 872 g/mol. The van der Waals surface area contributed by atoms with Gasteiger partial charge in [0.15, 0.2) is 18.9 Å². The van der Waals surface area contributed by atoms with Crippen LogP contribution in [-0.4, -0.2) is 204 Å². The highest BCUT2D eigenvalue weighted by atomic mass is 16.8. The number of fused-ring (bicyclic) bond motifs is 5. The third-order valence-electron chi connectivity index (χ3n) is 17.5. The van der Waals surface area contributed by atoms with Crippen molar-refractivity contribution in [1.82, 2.24) is 0 Å². The molecule has 66 heavy (non-hydrogen) atoms. The highest BCUT2D eigenvalue weighted by Crippen LogP contribution is 2.67. The van der Waals surface area contributed by atoms with Gasteiger partial charge in [0.1, 0.15) is 79.4 Å². The van der Waals surface area contributed by atoms with Crippen LogP contribution in [0.4, 0.5) is 0 Å². The summed E-state index contributed by atoms with van der Waals surface area (Å²) in [5, 5.41) is 127. The Bertz CT molecular complexity index is 1780. The average molecular weight is 945 g/mol. The molecule has 0 aromatic heterocycles. The van der Waals surface area contributed by atoms with Crippen molar-refractivity contribution in [3.63, 3.8) is 0 Å². The molecule has 4 heterocycles. The van der Waals surface area contributed by atoms with E-state index in [-0.39, 0.29) is 36.4 Å². The van der Waals surface area contributed by atoms with E-state index in [2.05, 4.69) is 26.8 Å². The van der Waals surface area contributed by atoms with Crippen LogP contribution in [0.15, 0.2) is 22.8 Å². The molecule has 0 bridgehead atoms. The largest absolute Gasteiger partial charge is 0.458 e. The van der Waals surface area contributed by atoms with E-state index in [4.69, 9.17) is 33.2 Å². The molecule has 4 aliphatic carbocycles. The topological polar surface area (TPSA) is 324 Å². The van der Waals surface area contributed by atoms with Crippen molar-refractivity contribution in [2.24, 2.45) is 40.4 Å². The Morgan fingerprint density at radius 2 is 1.35 bits per heavy atom. The number of aliphatic hydroxyl groups excluding tert-OH is 12. The molecule has 6 unspecified atom stereocenters. The van der Waals surface area contributed by atoms with Gasteiger partial charge in [-0.25, -0.2) is 4.79 Å². The summed E-state index contributed by atoms with van der Waals surface area (Å²) in [6, 6.07) is 0. The van der Waals surface area contributed by atoms with Crippen LogP contribution in [0.3, 0.4) is 0 Å². The maximum absolute atomic E-state index is 12.7. The molecule has 8 aliphatic rings. The molecule has 4 aliphatic heterocycles. The number of hydrogen-bond acceptors (Lipinski definition) is 20. The maximum atomic E-state index is 12.7. The van der Waals surface area contributed by atoms with Crippen LogP contribution in [0.5, 0.6) is 0 Å². The van der Waals surface area contributed by atoms with Crippen molar-refractivity contribution >= 4 is 5.97 Å². The first-order valence-electron chi connectivity index (χ1n) is 23.7. The zero-order valence-electron chi connectivity index (χ0n) is 38.0. The lowest BCUT2D eigenvalue weighted by atomic mass is 9.46. The zero-order chi connectivity index (χ0) is 47.7. The highest BCUT2D eigenvalue weighted by Gasteiger charge is 2.62. The second kappa shape index (κ2) is 19.8. The zero-order valence-corrected chi connectivity index (χ0v) is 38.0. The van der Waals surface area contributed by atoms with E-state index in [0.717, 1.165) is 43.3 Å². The first-order valence-corrected chi connectivity index (χ1v) is 23.7. The molecule has 0 aromatic carbocycles. The van der Waals surface area contributed by atoms with E-state index in [9.17, 15) is 66.1 Å². The van der Waals surface area contributed by atoms with Gasteiger partial charge in [0, 0.05) is 18.3 Å². The van der Waals surface area contributed by atoms with Crippen LogP contribution >= 0.6 is 0 Å². The van der Waals surface area contributed by atoms with Crippen molar-refractivity contribution in [3.05, 3.63) is 22.8 Å². The average Bonchev–Trinajstić information content (AvgIpc) is 3.65. The van der Waals surface area contributed by atoms with Gasteiger partial charge in [-0.05, 0) is 80.5 Å². The lowest BCUT2D eigenvalue weighted by Crippen LogP contribution is -2.65. The van der Waals surface area contributed by atoms with E-state index in [1.165, 1.54) is 0 Å². The summed E-state index contributed by atoms with van der Waals surface area (Å²) in [4.78, 5) is 12.7. The van der Waals surface area contributed by atoms with E-state index in [1.54, 1.807) is 0 Å². The van der Waals surface area contributed by atoms with Crippen molar-refractivity contribution in [1.29, 1.82) is 0 Å². The van der Waals surface area contributed by atoms with E-state index >= 15 is 0 Å². The summed E-state index contributed by atoms with van der Waals surface area (Å²) in [6.07, 6.45) is -18.0. The van der Waals surface area contributed by atoms with Gasteiger partial charge in [-0.3, -0.25) is 0 Å². The number of carbonyl (C=O) groups is 1. The first-order chi connectivity index (χ1) is 31.3. The van der Waals surface area contributed by atoms with E-state index < -0.39 is 136 Å². The number of carbonyl (C=O) groups excluding carboxylic acids is 1. The summed E-state index contributed by atoms with van der Waals surface area (Å²) in [7, 11) is 0. The number of cyclic esters (lactones) is 1. The Morgan fingerprint density at radius 3 is 2.00 bits per heavy atom. The van der Waals surface area contributed by atoms with Crippen LogP contribution in [0.25, 0.3) is 0 Å². The van der Waals surface area contributed by atoms with Crippen LogP contribution in [0, 0.1) is 40.4 Å². The summed E-state index contributed by atoms with van der Waals surface area (Å²) in [6.45, 7) is 6.21. The molecule has 3 saturated carbocycles. The summed E-state index contributed by atoms with van der Waals surface area (Å²) in [5.41, 5.74) is 1.82. The monoisotopic (exact) mass is 944 g/mol. The Labute approximate surface area is 383 Å². The minimum Gasteiger partial charge on any atom is -0.458 e. The summed E-state index contributed by atoms with van der Waals surface area (Å²) < 4.78 is 40.5. The normalized spacial score (nSPS) is 51.3. The standard InChI is InChI=1S/C46H72O20/c1-18-11-27(62-41(59)23(18)14-47)19(2)24-7-8-25-22-6-5-20-12-21(13-31(50)46(20,4)26(22)9-10-45(24,25)3)61-43-37(56)35(54)33(52)30(65-43)17-60-42-39(58)36(55)40(29(16-49)64-42)66-44-38(57)34(53)32(51)28(15-48)63-44/h5,19,21-22,24-40,42-44,47-58H,6-17H2,1-4H3/t19-,21+,22?,24?,25?,26?,27?,28+,29+,30+,31-,32+,33+,34-,35-,36+,37+,38+,39+,40+,42+,43?,44-,45+,46-/m0/s1. The minimum atomic E-state index is -1.87. The molecule has 8 rings (SSSR count). The number of ether oxygens (including phenoxy) is 7. The third kappa shape index (κ3) is 8.76. The van der Waals surface area contributed by atoms with Crippen molar-refractivity contribution in [3.8, 4) is 0 Å². The number of aliphatic hydroxyl groups is 12. The van der Waals surface area contributed by atoms with E-state index in [1.807, 2.05) is 6.92 Å². The maximum Gasteiger partial charge on any atom is 0.336 e. The molecule has 3 saturated heterocycles. The molecular formula is C46H72O20. The third-order valence-corrected chi connectivity index (χ3v) is 17.5. The van der Waals surface area contributed by atoms with E-state index in [0.29, 0.717) is 36.2 Å². The number of esters is 1. The SMILES string of the molecule is CC1=C(CO)C(=O)OC([C@@H](C)C2CCC3C4CC=C5C[C@@H](OC6O[C@H](CO[C@@H]7O[C@H](CO)[C@@H](O[C@@H]8O[C@H](CO)[C@@H](O)[C@H](O)[C@H]8O)[C@H](O)[C@H]7O)[C@@H](O)[C@H](O)[C@H]6O)C[C@H](O)[C@]5(C)C4CC[C@@]32C)C1. The van der Waals surface area contributed by atoms with Gasteiger partial charge >= 0.3 is 5.97 Å². The fourth-order valence-electron chi connectivity index (χ4n) is 13.5. The van der Waals surface area contributed by atoms with Crippen molar-refractivity contribution < 1.29 is 99.2 Å². The molecule has 0 amide bonds. The van der Waals surface area contributed by atoms with Crippen LogP contribution < -0.4 is 0 Å². The molecule has 0 radical (unpaired) electrons. The van der Waals surface area contributed by atoms with Gasteiger partial charge in [0.05, 0.1) is 44.2 Å². The predicted molar refractivity (Wildman–Crippen MR) is 224 cm³/mol. The quantitative estimate of drug-likeness (QED) is 0.0719. The fraction of sp³-hybridized carbons (Fsp3) is 0.891. The van der Waals surface area contributed by atoms with Crippen LogP contribution in [0.2, 0.25) is 0 Å². The lowest BCUT2D eigenvalue weighted by Gasteiger charge is -2.60. The molecule has 6 fully saturated rings. The molecule has 20 nitrogen and oxygen atoms in total. The lowest BCUT2D eigenvalue weighted by molar-refractivity contribution is -0.365.